The number of amides is 2. The third kappa shape index (κ3) is 4.68. The minimum atomic E-state index is -0.613. The van der Waals surface area contributed by atoms with Gasteiger partial charge in [-0.3, -0.25) is 0 Å². The van der Waals surface area contributed by atoms with E-state index >= 15 is 0 Å². The lowest BCUT2D eigenvalue weighted by molar-refractivity contribution is 0.0594. The average Bonchev–Trinajstić information content (AvgIpc) is 3.03. The Hall–Kier alpha value is -2.25. The van der Waals surface area contributed by atoms with Gasteiger partial charge in [0.25, 0.3) is 0 Å². The molecule has 0 saturated carbocycles. The number of urea groups is 1. The van der Waals surface area contributed by atoms with Gasteiger partial charge in [-0.25, -0.2) is 14.6 Å². The van der Waals surface area contributed by atoms with Crippen molar-refractivity contribution in [1.82, 2.24) is 9.88 Å². The number of hydrogen-bond donors (Lipinski definition) is 1. The number of nitrogens with zero attached hydrogens (tertiary/aromatic N) is 2. The quantitative estimate of drug-likeness (QED) is 0.759. The van der Waals surface area contributed by atoms with E-state index < -0.39 is 17.5 Å². The number of ether oxygens (including phenoxy) is 1. The van der Waals surface area contributed by atoms with E-state index in [1.165, 1.54) is 18.3 Å². The second kappa shape index (κ2) is 7.97. The second-order valence-electron chi connectivity index (χ2n) is 6.41. The number of benzene rings is 1. The van der Waals surface area contributed by atoms with Crippen LogP contribution in [0.3, 0.4) is 0 Å². The molecular weight excluding hydrogens is 381 g/mol. The fraction of sp³-hybridized carbons (Fsp3) is 0.353. The maximum absolute atomic E-state index is 12.8. The van der Waals surface area contributed by atoms with Crippen molar-refractivity contribution < 1.29 is 18.7 Å². The zero-order valence-electron chi connectivity index (χ0n) is 14.8. The van der Waals surface area contributed by atoms with E-state index in [1.807, 2.05) is 20.8 Å². The Morgan fingerprint density at radius 2 is 2.00 bits per heavy atom. The first-order valence-electron chi connectivity index (χ1n) is 7.69. The Morgan fingerprint density at radius 1 is 1.31 bits per heavy atom. The van der Waals surface area contributed by atoms with Crippen molar-refractivity contribution in [2.45, 2.75) is 32.9 Å². The third-order valence-electron chi connectivity index (χ3n) is 3.49. The molecule has 0 aliphatic rings. The summed E-state index contributed by atoms with van der Waals surface area (Å²) < 4.78 is 9.87. The summed E-state index contributed by atoms with van der Waals surface area (Å²) in [6, 6.07) is 4.54. The van der Waals surface area contributed by atoms with Crippen LogP contribution in [0, 0.1) is 0 Å². The Kier molecular flexibility index (Phi) is 6.15. The lowest BCUT2D eigenvalue weighted by Crippen LogP contribution is -2.47. The van der Waals surface area contributed by atoms with Crippen LogP contribution in [0.1, 0.15) is 37.2 Å². The van der Waals surface area contributed by atoms with Gasteiger partial charge in [-0.05, 0) is 32.9 Å². The van der Waals surface area contributed by atoms with Gasteiger partial charge in [0.05, 0.1) is 29.4 Å². The summed E-state index contributed by atoms with van der Waals surface area (Å²) in [5.41, 5.74) is -0.134. The van der Waals surface area contributed by atoms with Crippen molar-refractivity contribution in [2.75, 3.05) is 12.4 Å². The first-order chi connectivity index (χ1) is 12.1. The first-order valence-corrected chi connectivity index (χ1v) is 8.44. The van der Waals surface area contributed by atoms with E-state index in [9.17, 15) is 9.59 Å². The fourth-order valence-electron chi connectivity index (χ4n) is 2.11. The van der Waals surface area contributed by atoms with Crippen molar-refractivity contribution in [3.05, 3.63) is 46.1 Å². The molecule has 9 heteroatoms. The molecular formula is C17H19Cl2N3O4. The third-order valence-corrected chi connectivity index (χ3v) is 4.31. The molecule has 0 saturated heterocycles. The maximum Gasteiger partial charge on any atom is 0.360 e. The molecule has 140 valence electrons. The Bertz CT molecular complexity index is 815. The summed E-state index contributed by atoms with van der Waals surface area (Å²) in [6.07, 6.45) is 1.19. The second-order valence-corrected chi connectivity index (χ2v) is 7.19. The molecule has 1 N–H and O–H groups in total. The Morgan fingerprint density at radius 3 is 2.62 bits per heavy atom. The minimum Gasteiger partial charge on any atom is -0.464 e. The number of oxazole rings is 1. The molecule has 7 nitrogen and oxygen atoms in total. The van der Waals surface area contributed by atoms with Gasteiger partial charge in [0.15, 0.2) is 5.69 Å². The van der Waals surface area contributed by atoms with Gasteiger partial charge < -0.3 is 19.4 Å². The molecule has 1 heterocycles. The summed E-state index contributed by atoms with van der Waals surface area (Å²) in [4.78, 5) is 29.8. The van der Waals surface area contributed by atoms with Crippen molar-refractivity contribution in [1.29, 1.82) is 0 Å². The summed E-state index contributed by atoms with van der Waals surface area (Å²) in [5, 5.41) is 3.31. The van der Waals surface area contributed by atoms with Crippen molar-refractivity contribution in [2.24, 2.45) is 0 Å². The number of esters is 1. The molecule has 0 aliphatic heterocycles. The summed E-state index contributed by atoms with van der Waals surface area (Å²) in [5.74, 6) is -0.412. The zero-order chi connectivity index (χ0) is 19.5. The van der Waals surface area contributed by atoms with Crippen molar-refractivity contribution in [3.8, 4) is 0 Å². The highest BCUT2D eigenvalue weighted by Crippen LogP contribution is 2.30. The maximum atomic E-state index is 12.8. The van der Waals surface area contributed by atoms with Crippen LogP contribution in [0.15, 0.2) is 28.9 Å². The number of hydrogen-bond acceptors (Lipinski definition) is 5. The van der Waals surface area contributed by atoms with E-state index in [4.69, 9.17) is 27.6 Å². The highest BCUT2D eigenvalue weighted by atomic mass is 35.5. The number of aromatic nitrogens is 1. The summed E-state index contributed by atoms with van der Waals surface area (Å²) in [7, 11) is 1.25. The summed E-state index contributed by atoms with van der Waals surface area (Å²) in [6.45, 7) is 5.62. The van der Waals surface area contributed by atoms with Gasteiger partial charge in [-0.1, -0.05) is 29.3 Å². The van der Waals surface area contributed by atoms with Crippen LogP contribution in [0.2, 0.25) is 10.0 Å². The van der Waals surface area contributed by atoms with Gasteiger partial charge in [0, 0.05) is 5.54 Å². The number of carbonyl (C=O) groups excluding carboxylic acids is 2. The first kappa shape index (κ1) is 20.1. The SMILES string of the molecule is COC(=O)c1coc(CN(C(=O)Nc2cccc(Cl)c2Cl)C(C)(C)C)n1. The molecule has 0 atom stereocenters. The molecule has 26 heavy (non-hydrogen) atoms. The Balaban J connectivity index is 2.22. The molecule has 2 amide bonds. The van der Waals surface area contributed by atoms with Crippen LogP contribution in [-0.2, 0) is 11.3 Å². The highest BCUT2D eigenvalue weighted by Gasteiger charge is 2.29. The predicted octanol–water partition coefficient (Wildman–Crippen LogP) is 4.60. The van der Waals surface area contributed by atoms with E-state index in [-0.39, 0.29) is 23.2 Å². The molecule has 0 bridgehead atoms. The van der Waals surface area contributed by atoms with Crippen molar-refractivity contribution >= 4 is 40.9 Å². The van der Waals surface area contributed by atoms with Crippen LogP contribution in [0.25, 0.3) is 0 Å². The van der Waals surface area contributed by atoms with E-state index in [0.29, 0.717) is 10.7 Å². The average molecular weight is 400 g/mol. The van der Waals surface area contributed by atoms with E-state index in [0.717, 1.165) is 0 Å². The van der Waals surface area contributed by atoms with Gasteiger partial charge >= 0.3 is 12.0 Å². The molecule has 0 fully saturated rings. The molecule has 2 aromatic rings. The van der Waals surface area contributed by atoms with Crippen LogP contribution >= 0.6 is 23.2 Å². The normalized spacial score (nSPS) is 11.2. The number of halogens is 2. The van der Waals surface area contributed by atoms with Gasteiger partial charge in [-0.15, -0.1) is 0 Å². The number of methoxy groups -OCH3 is 1. The van der Waals surface area contributed by atoms with Crippen molar-refractivity contribution in [3.63, 3.8) is 0 Å². The lowest BCUT2D eigenvalue weighted by Gasteiger charge is -2.34. The standard InChI is InChI=1S/C17H19Cl2N3O4/c1-17(2,3)22(8-13-20-12(9-26-13)15(23)25-4)16(24)21-11-7-5-6-10(18)14(11)19/h5-7,9H,8H2,1-4H3,(H,21,24). The Labute approximate surface area is 161 Å². The van der Waals surface area contributed by atoms with Gasteiger partial charge in [0.1, 0.15) is 6.26 Å². The van der Waals surface area contributed by atoms with Gasteiger partial charge in [0.2, 0.25) is 5.89 Å². The fourth-order valence-corrected chi connectivity index (χ4v) is 2.46. The molecule has 0 aliphatic carbocycles. The lowest BCUT2D eigenvalue weighted by atomic mass is 10.1. The minimum absolute atomic E-state index is 0.0367. The van der Waals surface area contributed by atoms with E-state index in [1.54, 1.807) is 18.2 Å². The highest BCUT2D eigenvalue weighted by molar-refractivity contribution is 6.43. The molecule has 0 radical (unpaired) electrons. The van der Waals surface area contributed by atoms with Crippen LogP contribution in [0.4, 0.5) is 10.5 Å². The van der Waals surface area contributed by atoms with Crippen LogP contribution in [0.5, 0.6) is 0 Å². The molecule has 0 spiro atoms. The number of anilines is 1. The number of rotatable bonds is 4. The van der Waals surface area contributed by atoms with Gasteiger partial charge in [-0.2, -0.15) is 0 Å². The molecule has 2 rings (SSSR count). The smallest absolute Gasteiger partial charge is 0.360 e. The van der Waals surface area contributed by atoms with Crippen LogP contribution < -0.4 is 5.32 Å². The molecule has 1 aromatic carbocycles. The topological polar surface area (TPSA) is 84.7 Å². The number of nitrogens with one attached hydrogen (secondary N) is 1. The molecule has 0 unspecified atom stereocenters. The monoisotopic (exact) mass is 399 g/mol. The predicted molar refractivity (Wildman–Crippen MR) is 98.6 cm³/mol. The zero-order valence-corrected chi connectivity index (χ0v) is 16.3. The summed E-state index contributed by atoms with van der Waals surface area (Å²) >= 11 is 12.1. The molecule has 1 aromatic heterocycles. The largest absolute Gasteiger partial charge is 0.464 e. The van der Waals surface area contributed by atoms with E-state index in [2.05, 4.69) is 15.0 Å². The number of carbonyl (C=O) groups is 2. The van der Waals surface area contributed by atoms with Crippen LogP contribution in [-0.4, -0.2) is 34.5 Å².